The average molecular weight is 386 g/mol. The Labute approximate surface area is 164 Å². The molecule has 1 aliphatic heterocycles. The number of para-hydroxylation sites is 1. The molecule has 7 nitrogen and oxygen atoms in total. The second kappa shape index (κ2) is 7.29. The standard InChI is InChI=1S/C21H26N2O5/c1-21(2)27-18(12-7-9-13(10-8-12)20(24)25)19(28-21)14-5-4-6-15-17(14)23-16(26-3)11-22-15/h4-6,11-13,18-19H,7-10H2,1-3H3,(H,24,25)/t12?,13?,18-,19-/m1/s1. The van der Waals surface area contributed by atoms with Crippen molar-refractivity contribution in [2.45, 2.75) is 57.5 Å². The van der Waals surface area contributed by atoms with Crippen LogP contribution in [0.15, 0.2) is 24.4 Å². The predicted octanol–water partition coefficient (Wildman–Crippen LogP) is 3.72. The highest BCUT2D eigenvalue weighted by molar-refractivity contribution is 5.78. The topological polar surface area (TPSA) is 90.8 Å². The molecular weight excluding hydrogens is 360 g/mol. The van der Waals surface area contributed by atoms with Crippen LogP contribution < -0.4 is 4.74 Å². The first-order valence-corrected chi connectivity index (χ1v) is 9.76. The van der Waals surface area contributed by atoms with Crippen LogP contribution in [-0.2, 0) is 14.3 Å². The largest absolute Gasteiger partial charge is 0.481 e. The van der Waals surface area contributed by atoms with E-state index >= 15 is 0 Å². The molecule has 1 aliphatic carbocycles. The fourth-order valence-electron chi connectivity index (χ4n) is 4.44. The van der Waals surface area contributed by atoms with Gasteiger partial charge in [-0.1, -0.05) is 12.1 Å². The van der Waals surface area contributed by atoms with Crippen molar-refractivity contribution in [3.05, 3.63) is 30.0 Å². The molecule has 2 fully saturated rings. The number of methoxy groups -OCH3 is 1. The van der Waals surface area contributed by atoms with Crippen LogP contribution in [0.3, 0.4) is 0 Å². The van der Waals surface area contributed by atoms with Gasteiger partial charge in [0.1, 0.15) is 6.10 Å². The zero-order chi connectivity index (χ0) is 19.9. The van der Waals surface area contributed by atoms with E-state index in [2.05, 4.69) is 9.97 Å². The average Bonchev–Trinajstić information content (AvgIpc) is 3.02. The number of hydrogen-bond donors (Lipinski definition) is 1. The van der Waals surface area contributed by atoms with Gasteiger partial charge in [-0.05, 0) is 51.5 Å². The van der Waals surface area contributed by atoms with Crippen LogP contribution in [0, 0.1) is 11.8 Å². The normalized spacial score (nSPS) is 29.7. The van der Waals surface area contributed by atoms with E-state index in [0.717, 1.165) is 29.4 Å². The molecule has 2 heterocycles. The van der Waals surface area contributed by atoms with Crippen LogP contribution in [0.1, 0.15) is 51.2 Å². The smallest absolute Gasteiger partial charge is 0.306 e. The minimum Gasteiger partial charge on any atom is -0.481 e. The van der Waals surface area contributed by atoms with E-state index in [1.54, 1.807) is 13.3 Å². The Morgan fingerprint density at radius 3 is 2.64 bits per heavy atom. The summed E-state index contributed by atoms with van der Waals surface area (Å²) < 4.78 is 17.9. The van der Waals surface area contributed by atoms with Crippen LogP contribution >= 0.6 is 0 Å². The van der Waals surface area contributed by atoms with E-state index in [-0.39, 0.29) is 24.0 Å². The highest BCUT2D eigenvalue weighted by Crippen LogP contribution is 2.47. The number of hydrogen-bond acceptors (Lipinski definition) is 6. The summed E-state index contributed by atoms with van der Waals surface area (Å²) in [5, 5.41) is 9.29. The maximum Gasteiger partial charge on any atom is 0.306 e. The third-order valence-corrected chi connectivity index (χ3v) is 5.81. The van der Waals surface area contributed by atoms with Crippen LogP contribution in [0.25, 0.3) is 11.0 Å². The Kier molecular flexibility index (Phi) is 4.97. The molecule has 0 unspecified atom stereocenters. The number of rotatable bonds is 4. The predicted molar refractivity (Wildman–Crippen MR) is 102 cm³/mol. The summed E-state index contributed by atoms with van der Waals surface area (Å²) in [6.45, 7) is 3.83. The molecule has 7 heteroatoms. The van der Waals surface area contributed by atoms with Crippen molar-refractivity contribution < 1.29 is 24.1 Å². The molecule has 2 aromatic rings. The SMILES string of the molecule is COc1cnc2cccc([C@H]3OC(C)(C)O[C@@H]3C3CCC(C(=O)O)CC3)c2n1. The van der Waals surface area contributed by atoms with Gasteiger partial charge >= 0.3 is 5.97 Å². The molecule has 1 aromatic heterocycles. The lowest BCUT2D eigenvalue weighted by molar-refractivity contribution is -0.154. The second-order valence-corrected chi connectivity index (χ2v) is 8.10. The number of fused-ring (bicyclic) bond motifs is 1. The Morgan fingerprint density at radius 1 is 1.21 bits per heavy atom. The van der Waals surface area contributed by atoms with Gasteiger partial charge in [-0.3, -0.25) is 4.79 Å². The van der Waals surface area contributed by atoms with Gasteiger partial charge in [0.05, 0.1) is 36.4 Å². The van der Waals surface area contributed by atoms with Gasteiger partial charge in [-0.25, -0.2) is 9.97 Å². The molecule has 1 saturated carbocycles. The van der Waals surface area contributed by atoms with E-state index in [1.165, 1.54) is 0 Å². The van der Waals surface area contributed by atoms with Gasteiger partial charge < -0.3 is 19.3 Å². The lowest BCUT2D eigenvalue weighted by Gasteiger charge is -2.32. The number of carbonyl (C=O) groups is 1. The van der Waals surface area contributed by atoms with Gasteiger partial charge in [-0.2, -0.15) is 0 Å². The maximum absolute atomic E-state index is 11.3. The van der Waals surface area contributed by atoms with Gasteiger partial charge in [-0.15, -0.1) is 0 Å². The van der Waals surface area contributed by atoms with Gasteiger partial charge in [0.2, 0.25) is 5.88 Å². The van der Waals surface area contributed by atoms with E-state index in [9.17, 15) is 9.90 Å². The second-order valence-electron chi connectivity index (χ2n) is 8.10. The summed E-state index contributed by atoms with van der Waals surface area (Å²) in [7, 11) is 1.57. The van der Waals surface area contributed by atoms with E-state index in [4.69, 9.17) is 14.2 Å². The van der Waals surface area contributed by atoms with Crippen LogP contribution in [0.5, 0.6) is 5.88 Å². The summed E-state index contributed by atoms with van der Waals surface area (Å²) in [6, 6.07) is 5.87. The first-order valence-electron chi connectivity index (χ1n) is 9.76. The van der Waals surface area contributed by atoms with E-state index < -0.39 is 11.8 Å². The number of aromatic nitrogens is 2. The Morgan fingerprint density at radius 2 is 1.96 bits per heavy atom. The lowest BCUT2D eigenvalue weighted by Crippen LogP contribution is -2.32. The Balaban J connectivity index is 1.67. The van der Waals surface area contributed by atoms with Crippen molar-refractivity contribution >= 4 is 17.0 Å². The minimum absolute atomic E-state index is 0.150. The van der Waals surface area contributed by atoms with Crippen molar-refractivity contribution in [1.29, 1.82) is 0 Å². The Bertz CT molecular complexity index is 876. The fourth-order valence-corrected chi connectivity index (χ4v) is 4.44. The minimum atomic E-state index is -0.715. The number of carboxylic acids is 1. The molecule has 0 amide bonds. The van der Waals surface area contributed by atoms with Gasteiger partial charge in [0.15, 0.2) is 5.79 Å². The third kappa shape index (κ3) is 3.56. The van der Waals surface area contributed by atoms with Gasteiger partial charge in [0.25, 0.3) is 0 Å². The van der Waals surface area contributed by atoms with Crippen molar-refractivity contribution in [1.82, 2.24) is 9.97 Å². The molecule has 2 aliphatic rings. The van der Waals surface area contributed by atoms with Crippen LogP contribution in [-0.4, -0.2) is 40.0 Å². The summed E-state index contributed by atoms with van der Waals surface area (Å²) in [5.41, 5.74) is 2.46. The van der Waals surface area contributed by atoms with E-state index in [1.807, 2.05) is 32.0 Å². The molecule has 1 aromatic carbocycles. The first-order chi connectivity index (χ1) is 13.4. The number of nitrogens with zero attached hydrogens (tertiary/aromatic N) is 2. The summed E-state index contributed by atoms with van der Waals surface area (Å²) in [4.78, 5) is 20.3. The third-order valence-electron chi connectivity index (χ3n) is 5.81. The molecule has 4 rings (SSSR count). The molecule has 0 bridgehead atoms. The number of ether oxygens (including phenoxy) is 3. The Hall–Kier alpha value is -2.25. The highest BCUT2D eigenvalue weighted by atomic mass is 16.8. The molecule has 28 heavy (non-hydrogen) atoms. The quantitative estimate of drug-likeness (QED) is 0.856. The van der Waals surface area contributed by atoms with Crippen molar-refractivity contribution in [2.24, 2.45) is 11.8 Å². The summed E-state index contributed by atoms with van der Waals surface area (Å²) in [5.74, 6) is -0.964. The fraction of sp³-hybridized carbons (Fsp3) is 0.571. The highest BCUT2D eigenvalue weighted by Gasteiger charge is 2.47. The molecule has 1 saturated heterocycles. The maximum atomic E-state index is 11.3. The zero-order valence-electron chi connectivity index (χ0n) is 16.4. The monoisotopic (exact) mass is 386 g/mol. The number of aliphatic carboxylic acids is 1. The molecule has 150 valence electrons. The van der Waals surface area contributed by atoms with Crippen LogP contribution in [0.4, 0.5) is 0 Å². The zero-order valence-corrected chi connectivity index (χ0v) is 16.4. The molecule has 2 atom stereocenters. The lowest BCUT2D eigenvalue weighted by atomic mass is 9.77. The summed E-state index contributed by atoms with van der Waals surface area (Å²) in [6.07, 6.45) is 4.16. The molecular formula is C21H26N2O5. The summed E-state index contributed by atoms with van der Waals surface area (Å²) >= 11 is 0. The van der Waals surface area contributed by atoms with E-state index in [0.29, 0.717) is 18.7 Å². The molecule has 0 radical (unpaired) electrons. The van der Waals surface area contributed by atoms with Crippen molar-refractivity contribution in [3.8, 4) is 5.88 Å². The number of carboxylic acid groups (broad SMARTS) is 1. The van der Waals surface area contributed by atoms with Gasteiger partial charge in [0, 0.05) is 5.56 Å². The van der Waals surface area contributed by atoms with Crippen molar-refractivity contribution in [3.63, 3.8) is 0 Å². The molecule has 1 N–H and O–H groups in total. The molecule has 0 spiro atoms. The van der Waals surface area contributed by atoms with Crippen molar-refractivity contribution in [2.75, 3.05) is 7.11 Å². The number of benzene rings is 1. The van der Waals surface area contributed by atoms with Crippen LogP contribution in [0.2, 0.25) is 0 Å². The first kappa shape index (κ1) is 19.1.